The van der Waals surface area contributed by atoms with E-state index in [0.717, 1.165) is 11.0 Å². The van der Waals surface area contributed by atoms with E-state index in [4.69, 9.17) is 10.5 Å². The van der Waals surface area contributed by atoms with Gasteiger partial charge in [0.15, 0.2) is 0 Å². The average Bonchev–Trinajstić information content (AvgIpc) is 3.15. The molecule has 0 saturated heterocycles. The van der Waals surface area contributed by atoms with E-state index in [1.54, 1.807) is 0 Å². The van der Waals surface area contributed by atoms with Gasteiger partial charge in [0, 0.05) is 12.7 Å². The van der Waals surface area contributed by atoms with Crippen LogP contribution in [0.15, 0.2) is 15.8 Å². The number of nitrogen functional groups attached to an aromatic ring is 1. The molecule has 0 unspecified atom stereocenters. The third kappa shape index (κ3) is 2.81. The number of aromatic nitrogens is 2. The summed E-state index contributed by atoms with van der Waals surface area (Å²) in [5.41, 5.74) is 4.87. The van der Waals surface area contributed by atoms with Crippen LogP contribution in [-0.4, -0.2) is 15.7 Å². The summed E-state index contributed by atoms with van der Waals surface area (Å²) < 4.78 is 7.91. The Bertz CT molecular complexity index is 528. The van der Waals surface area contributed by atoms with Crippen LogP contribution < -0.4 is 17.0 Å². The number of nitrogens with two attached hydrogens (primary N) is 1. The first-order chi connectivity index (χ1) is 8.63. The molecule has 0 bridgehead atoms. The molecule has 0 atom stereocenters. The van der Waals surface area contributed by atoms with Crippen molar-refractivity contribution in [2.24, 2.45) is 5.92 Å². The predicted molar refractivity (Wildman–Crippen MR) is 68.3 cm³/mol. The van der Waals surface area contributed by atoms with E-state index in [9.17, 15) is 9.59 Å². The summed E-state index contributed by atoms with van der Waals surface area (Å²) in [5.74, 6) is 0.597. The first-order valence-corrected chi connectivity index (χ1v) is 6.31. The summed E-state index contributed by atoms with van der Waals surface area (Å²) in [6.07, 6.45) is 4.56. The topological polar surface area (TPSA) is 79.2 Å². The van der Waals surface area contributed by atoms with Crippen LogP contribution in [0.5, 0.6) is 0 Å². The molecule has 0 spiro atoms. The zero-order valence-corrected chi connectivity index (χ0v) is 10.6. The van der Waals surface area contributed by atoms with Crippen molar-refractivity contribution >= 4 is 5.69 Å². The lowest BCUT2D eigenvalue weighted by Crippen LogP contribution is -2.41. The largest absolute Gasteiger partial charge is 0.393 e. The molecule has 1 aliphatic carbocycles. The van der Waals surface area contributed by atoms with Crippen molar-refractivity contribution in [3.8, 4) is 0 Å². The molecule has 18 heavy (non-hydrogen) atoms. The Morgan fingerprint density at radius 2 is 2.17 bits per heavy atom. The normalized spacial score (nSPS) is 14.9. The van der Waals surface area contributed by atoms with Crippen LogP contribution in [-0.2, 0) is 18.0 Å². The molecular formula is C12H19N3O3. The SMILES string of the molecule is CCCn1cc(N)c(=O)n(COCC2CC2)c1=O. The van der Waals surface area contributed by atoms with Crippen LogP contribution >= 0.6 is 0 Å². The highest BCUT2D eigenvalue weighted by Crippen LogP contribution is 2.28. The van der Waals surface area contributed by atoms with Gasteiger partial charge in [-0.3, -0.25) is 9.36 Å². The predicted octanol–water partition coefficient (Wildman–Crippen LogP) is 0.386. The maximum absolute atomic E-state index is 12.0. The van der Waals surface area contributed by atoms with Gasteiger partial charge in [0.05, 0.1) is 6.61 Å². The molecule has 1 aromatic heterocycles. The van der Waals surface area contributed by atoms with Crippen LogP contribution in [0, 0.1) is 5.92 Å². The van der Waals surface area contributed by atoms with Crippen molar-refractivity contribution in [1.29, 1.82) is 0 Å². The van der Waals surface area contributed by atoms with Gasteiger partial charge >= 0.3 is 5.69 Å². The minimum absolute atomic E-state index is 0.0110. The number of anilines is 1. The molecule has 0 aromatic carbocycles. The smallest absolute Gasteiger partial charge is 0.333 e. The standard InChI is InChI=1S/C12H19N3O3/c1-2-5-14-6-10(13)11(16)15(12(14)17)8-18-7-9-3-4-9/h6,9H,2-5,7-8,13H2,1H3. The number of ether oxygens (including phenoxy) is 1. The van der Waals surface area contributed by atoms with E-state index in [-0.39, 0.29) is 18.1 Å². The van der Waals surface area contributed by atoms with Gasteiger partial charge in [-0.1, -0.05) is 6.92 Å². The Hall–Kier alpha value is -1.56. The summed E-state index contributed by atoms with van der Waals surface area (Å²) in [7, 11) is 0. The van der Waals surface area contributed by atoms with Crippen molar-refractivity contribution in [3.63, 3.8) is 0 Å². The van der Waals surface area contributed by atoms with Crippen molar-refractivity contribution in [2.75, 3.05) is 12.3 Å². The van der Waals surface area contributed by atoms with Crippen molar-refractivity contribution in [3.05, 3.63) is 27.0 Å². The first-order valence-electron chi connectivity index (χ1n) is 6.31. The molecule has 6 nitrogen and oxygen atoms in total. The molecule has 0 amide bonds. The van der Waals surface area contributed by atoms with Gasteiger partial charge in [-0.25, -0.2) is 9.36 Å². The number of hydrogen-bond donors (Lipinski definition) is 1. The number of aryl methyl sites for hydroxylation is 1. The highest BCUT2D eigenvalue weighted by Gasteiger charge is 2.21. The Balaban J connectivity index is 2.19. The molecule has 0 aliphatic heterocycles. The van der Waals surface area contributed by atoms with Gasteiger partial charge < -0.3 is 10.5 Å². The van der Waals surface area contributed by atoms with E-state index in [1.165, 1.54) is 23.6 Å². The third-order valence-electron chi connectivity index (χ3n) is 3.00. The summed E-state index contributed by atoms with van der Waals surface area (Å²) in [6.45, 7) is 3.10. The van der Waals surface area contributed by atoms with Gasteiger partial charge in [-0.2, -0.15) is 0 Å². The monoisotopic (exact) mass is 253 g/mol. The minimum atomic E-state index is -0.469. The van der Waals surface area contributed by atoms with Crippen LogP contribution in [0.3, 0.4) is 0 Å². The third-order valence-corrected chi connectivity index (χ3v) is 3.00. The lowest BCUT2D eigenvalue weighted by molar-refractivity contribution is 0.0630. The van der Waals surface area contributed by atoms with Crippen LogP contribution in [0.4, 0.5) is 5.69 Å². The van der Waals surface area contributed by atoms with Gasteiger partial charge in [-0.05, 0) is 25.2 Å². The van der Waals surface area contributed by atoms with Crippen molar-refractivity contribution in [2.45, 2.75) is 39.5 Å². The lowest BCUT2D eigenvalue weighted by atomic mass is 10.4. The summed E-state index contributed by atoms with van der Waals surface area (Å²) in [5, 5.41) is 0. The molecule has 1 saturated carbocycles. The van der Waals surface area contributed by atoms with Gasteiger partial charge in [0.25, 0.3) is 5.56 Å². The molecule has 1 heterocycles. The average molecular weight is 253 g/mol. The molecule has 0 radical (unpaired) electrons. The van der Waals surface area contributed by atoms with Gasteiger partial charge in [0.2, 0.25) is 0 Å². The molecule has 2 rings (SSSR count). The van der Waals surface area contributed by atoms with Crippen molar-refractivity contribution in [1.82, 2.24) is 9.13 Å². The molecule has 100 valence electrons. The number of nitrogens with zero attached hydrogens (tertiary/aromatic N) is 2. The highest BCUT2D eigenvalue weighted by atomic mass is 16.5. The second-order valence-corrected chi connectivity index (χ2v) is 4.74. The molecular weight excluding hydrogens is 234 g/mol. The first kappa shape index (κ1) is 12.9. The summed E-state index contributed by atoms with van der Waals surface area (Å²) >= 11 is 0. The Labute approximate surface area is 105 Å². The molecule has 6 heteroatoms. The number of hydrogen-bond acceptors (Lipinski definition) is 4. The fourth-order valence-corrected chi connectivity index (χ4v) is 1.79. The van der Waals surface area contributed by atoms with E-state index < -0.39 is 5.56 Å². The lowest BCUT2D eigenvalue weighted by Gasteiger charge is -2.11. The Morgan fingerprint density at radius 3 is 2.78 bits per heavy atom. The van der Waals surface area contributed by atoms with E-state index in [1.807, 2.05) is 6.92 Å². The Kier molecular flexibility index (Phi) is 3.86. The maximum Gasteiger partial charge on any atom is 0.333 e. The minimum Gasteiger partial charge on any atom is -0.393 e. The molecule has 1 fully saturated rings. The molecule has 1 aromatic rings. The van der Waals surface area contributed by atoms with E-state index in [2.05, 4.69) is 0 Å². The Morgan fingerprint density at radius 1 is 1.44 bits per heavy atom. The van der Waals surface area contributed by atoms with Gasteiger partial charge in [-0.15, -0.1) is 0 Å². The van der Waals surface area contributed by atoms with Crippen LogP contribution in [0.2, 0.25) is 0 Å². The number of rotatable bonds is 6. The van der Waals surface area contributed by atoms with E-state index in [0.29, 0.717) is 19.1 Å². The summed E-state index contributed by atoms with van der Waals surface area (Å²) in [6, 6.07) is 0. The zero-order valence-electron chi connectivity index (χ0n) is 10.6. The highest BCUT2D eigenvalue weighted by molar-refractivity contribution is 5.30. The van der Waals surface area contributed by atoms with E-state index >= 15 is 0 Å². The maximum atomic E-state index is 12.0. The zero-order chi connectivity index (χ0) is 13.1. The second-order valence-electron chi connectivity index (χ2n) is 4.74. The van der Waals surface area contributed by atoms with Crippen LogP contribution in [0.1, 0.15) is 26.2 Å². The fourth-order valence-electron chi connectivity index (χ4n) is 1.79. The molecule has 2 N–H and O–H groups in total. The van der Waals surface area contributed by atoms with Crippen molar-refractivity contribution < 1.29 is 4.74 Å². The van der Waals surface area contributed by atoms with Gasteiger partial charge in [0.1, 0.15) is 12.4 Å². The summed E-state index contributed by atoms with van der Waals surface area (Å²) in [4.78, 5) is 23.8. The van der Waals surface area contributed by atoms with Crippen LogP contribution in [0.25, 0.3) is 0 Å². The second kappa shape index (κ2) is 5.39. The quantitative estimate of drug-likeness (QED) is 0.795. The fraction of sp³-hybridized carbons (Fsp3) is 0.667. The molecule has 1 aliphatic rings.